The molecule has 0 amide bonds. The van der Waals surface area contributed by atoms with Crippen LogP contribution in [0.3, 0.4) is 0 Å². The lowest BCUT2D eigenvalue weighted by molar-refractivity contribution is 0.169. The SMILES string of the molecule is OC(CC/C=C/Cl)c1ccccc1. The molecule has 0 radical (unpaired) electrons. The molecular weight excluding hydrogens is 184 g/mol. The first-order valence-electron chi connectivity index (χ1n) is 4.33. The Morgan fingerprint density at radius 3 is 2.62 bits per heavy atom. The molecule has 0 aliphatic carbocycles. The van der Waals surface area contributed by atoms with E-state index in [-0.39, 0.29) is 6.10 Å². The van der Waals surface area contributed by atoms with Crippen molar-refractivity contribution in [2.45, 2.75) is 18.9 Å². The van der Waals surface area contributed by atoms with Gasteiger partial charge in [0.1, 0.15) is 0 Å². The molecular formula is C11H13ClO. The minimum absolute atomic E-state index is 0.380. The first-order valence-corrected chi connectivity index (χ1v) is 4.76. The Kier molecular flexibility index (Phi) is 4.58. The Hall–Kier alpha value is -0.790. The third kappa shape index (κ3) is 3.62. The zero-order valence-electron chi connectivity index (χ0n) is 7.36. The highest BCUT2D eigenvalue weighted by Gasteiger charge is 2.04. The number of aliphatic hydroxyl groups is 1. The number of benzene rings is 1. The van der Waals surface area contributed by atoms with Crippen LogP contribution in [-0.4, -0.2) is 5.11 Å². The molecule has 1 aromatic rings. The van der Waals surface area contributed by atoms with E-state index in [1.807, 2.05) is 36.4 Å². The van der Waals surface area contributed by atoms with Gasteiger partial charge in [-0.2, -0.15) is 0 Å². The monoisotopic (exact) mass is 196 g/mol. The number of aliphatic hydroxyl groups excluding tert-OH is 1. The van der Waals surface area contributed by atoms with E-state index in [9.17, 15) is 5.11 Å². The average molecular weight is 197 g/mol. The van der Waals surface area contributed by atoms with E-state index in [0.717, 1.165) is 12.0 Å². The largest absolute Gasteiger partial charge is 0.388 e. The van der Waals surface area contributed by atoms with Crippen LogP contribution in [0.2, 0.25) is 0 Å². The molecule has 2 heteroatoms. The topological polar surface area (TPSA) is 20.2 Å². The summed E-state index contributed by atoms with van der Waals surface area (Å²) in [5.41, 5.74) is 2.45. The van der Waals surface area contributed by atoms with Crippen LogP contribution in [0.15, 0.2) is 41.9 Å². The van der Waals surface area contributed by atoms with Crippen LogP contribution in [-0.2, 0) is 0 Å². The van der Waals surface area contributed by atoms with E-state index in [1.165, 1.54) is 5.54 Å². The normalized spacial score (nSPS) is 13.4. The van der Waals surface area contributed by atoms with Crippen LogP contribution in [0.4, 0.5) is 0 Å². The predicted molar refractivity (Wildman–Crippen MR) is 55.6 cm³/mol. The van der Waals surface area contributed by atoms with Crippen molar-refractivity contribution in [1.82, 2.24) is 0 Å². The van der Waals surface area contributed by atoms with Crippen molar-refractivity contribution in [2.75, 3.05) is 0 Å². The van der Waals surface area contributed by atoms with Crippen molar-refractivity contribution in [3.05, 3.63) is 47.5 Å². The molecule has 0 spiro atoms. The van der Waals surface area contributed by atoms with Crippen molar-refractivity contribution in [3.63, 3.8) is 0 Å². The second-order valence-corrected chi connectivity index (χ2v) is 3.12. The molecule has 1 atom stereocenters. The molecule has 0 aliphatic rings. The Morgan fingerprint density at radius 1 is 1.31 bits per heavy atom. The van der Waals surface area contributed by atoms with Gasteiger partial charge in [0.2, 0.25) is 0 Å². The molecule has 13 heavy (non-hydrogen) atoms. The third-order valence-corrected chi connectivity index (χ3v) is 2.06. The average Bonchev–Trinajstić information content (AvgIpc) is 2.19. The number of rotatable bonds is 4. The van der Waals surface area contributed by atoms with E-state index >= 15 is 0 Å². The summed E-state index contributed by atoms with van der Waals surface area (Å²) in [6.07, 6.45) is 2.98. The lowest BCUT2D eigenvalue weighted by atomic mass is 10.1. The fourth-order valence-corrected chi connectivity index (χ4v) is 1.28. The van der Waals surface area contributed by atoms with E-state index in [4.69, 9.17) is 11.6 Å². The Bertz CT molecular complexity index is 256. The van der Waals surface area contributed by atoms with Gasteiger partial charge in [-0.1, -0.05) is 48.0 Å². The summed E-state index contributed by atoms with van der Waals surface area (Å²) in [5, 5.41) is 9.67. The van der Waals surface area contributed by atoms with Gasteiger partial charge in [0, 0.05) is 5.54 Å². The number of allylic oxidation sites excluding steroid dienone is 1. The molecule has 1 rings (SSSR count). The summed E-state index contributed by atoms with van der Waals surface area (Å²) >= 11 is 5.37. The van der Waals surface area contributed by atoms with Gasteiger partial charge in [0.05, 0.1) is 6.10 Å². The molecule has 1 unspecified atom stereocenters. The van der Waals surface area contributed by atoms with Gasteiger partial charge in [-0.3, -0.25) is 0 Å². The Balaban J connectivity index is 2.44. The summed E-state index contributed by atoms with van der Waals surface area (Å²) < 4.78 is 0. The van der Waals surface area contributed by atoms with Gasteiger partial charge in [-0.05, 0) is 18.4 Å². The maximum absolute atomic E-state index is 9.67. The van der Waals surface area contributed by atoms with Crippen LogP contribution < -0.4 is 0 Å². The standard InChI is InChI=1S/C11H13ClO/c12-9-5-4-8-11(13)10-6-2-1-3-7-10/h1-3,5-7,9,11,13H,4,8H2/b9-5+. The fraction of sp³-hybridized carbons (Fsp3) is 0.273. The van der Waals surface area contributed by atoms with Crippen LogP contribution in [0.1, 0.15) is 24.5 Å². The molecule has 70 valence electrons. The maximum Gasteiger partial charge on any atom is 0.0793 e. The first kappa shape index (κ1) is 10.3. The first-order chi connectivity index (χ1) is 6.34. The van der Waals surface area contributed by atoms with Crippen molar-refractivity contribution < 1.29 is 5.11 Å². The van der Waals surface area contributed by atoms with Crippen LogP contribution in [0.5, 0.6) is 0 Å². The Labute approximate surface area is 83.7 Å². The van der Waals surface area contributed by atoms with E-state index < -0.39 is 0 Å². The molecule has 0 saturated carbocycles. The zero-order valence-corrected chi connectivity index (χ0v) is 8.11. The minimum atomic E-state index is -0.380. The predicted octanol–water partition coefficient (Wildman–Crippen LogP) is 3.25. The lowest BCUT2D eigenvalue weighted by Gasteiger charge is -2.08. The molecule has 0 heterocycles. The molecule has 1 N–H and O–H groups in total. The lowest BCUT2D eigenvalue weighted by Crippen LogP contribution is -1.95. The van der Waals surface area contributed by atoms with Crippen molar-refractivity contribution >= 4 is 11.6 Å². The number of hydrogen-bond donors (Lipinski definition) is 1. The summed E-state index contributed by atoms with van der Waals surface area (Å²) in [5.74, 6) is 0. The molecule has 1 aromatic carbocycles. The summed E-state index contributed by atoms with van der Waals surface area (Å²) in [6.45, 7) is 0. The molecule has 0 saturated heterocycles. The molecule has 0 aliphatic heterocycles. The van der Waals surface area contributed by atoms with Gasteiger partial charge >= 0.3 is 0 Å². The summed E-state index contributed by atoms with van der Waals surface area (Å²) in [4.78, 5) is 0. The zero-order chi connectivity index (χ0) is 9.52. The van der Waals surface area contributed by atoms with E-state index in [2.05, 4.69) is 0 Å². The van der Waals surface area contributed by atoms with Gasteiger partial charge in [0.25, 0.3) is 0 Å². The molecule has 0 fully saturated rings. The Morgan fingerprint density at radius 2 is 2.00 bits per heavy atom. The maximum atomic E-state index is 9.67. The van der Waals surface area contributed by atoms with Crippen LogP contribution in [0.25, 0.3) is 0 Å². The summed E-state index contributed by atoms with van der Waals surface area (Å²) in [7, 11) is 0. The van der Waals surface area contributed by atoms with Crippen molar-refractivity contribution in [1.29, 1.82) is 0 Å². The van der Waals surface area contributed by atoms with Crippen LogP contribution in [0, 0.1) is 0 Å². The fourth-order valence-electron chi connectivity index (χ4n) is 1.16. The number of halogens is 1. The smallest absolute Gasteiger partial charge is 0.0793 e. The van der Waals surface area contributed by atoms with Gasteiger partial charge in [0.15, 0.2) is 0 Å². The molecule has 1 nitrogen and oxygen atoms in total. The van der Waals surface area contributed by atoms with Gasteiger partial charge < -0.3 is 5.11 Å². The van der Waals surface area contributed by atoms with Gasteiger partial charge in [-0.15, -0.1) is 0 Å². The highest BCUT2D eigenvalue weighted by atomic mass is 35.5. The van der Waals surface area contributed by atoms with E-state index in [1.54, 1.807) is 0 Å². The second-order valence-electron chi connectivity index (χ2n) is 2.87. The highest BCUT2D eigenvalue weighted by Crippen LogP contribution is 2.17. The van der Waals surface area contributed by atoms with Gasteiger partial charge in [-0.25, -0.2) is 0 Å². The van der Waals surface area contributed by atoms with E-state index in [0.29, 0.717) is 6.42 Å². The van der Waals surface area contributed by atoms with Crippen molar-refractivity contribution in [3.8, 4) is 0 Å². The van der Waals surface area contributed by atoms with Crippen molar-refractivity contribution in [2.24, 2.45) is 0 Å². The third-order valence-electron chi connectivity index (χ3n) is 1.88. The quantitative estimate of drug-likeness (QED) is 0.784. The summed E-state index contributed by atoms with van der Waals surface area (Å²) in [6, 6.07) is 9.64. The minimum Gasteiger partial charge on any atom is -0.388 e. The molecule has 0 aromatic heterocycles. The highest BCUT2D eigenvalue weighted by molar-refractivity contribution is 6.25. The van der Waals surface area contributed by atoms with Crippen LogP contribution >= 0.6 is 11.6 Å². The second kappa shape index (κ2) is 5.79. The molecule has 0 bridgehead atoms. The number of hydrogen-bond acceptors (Lipinski definition) is 1.